The van der Waals surface area contributed by atoms with E-state index in [1.807, 2.05) is 0 Å². The Morgan fingerprint density at radius 2 is 1.45 bits per heavy atom. The summed E-state index contributed by atoms with van der Waals surface area (Å²) in [6, 6.07) is 17.1. The number of hydrogen-bond acceptors (Lipinski definition) is 2. The van der Waals surface area contributed by atoms with E-state index in [1.165, 1.54) is 29.2 Å². The monoisotopic (exact) mass is 296 g/mol. The van der Waals surface area contributed by atoms with Crippen LogP contribution in [-0.2, 0) is 9.53 Å². The second kappa shape index (κ2) is 7.79. The van der Waals surface area contributed by atoms with Gasteiger partial charge in [-0.3, -0.25) is 4.79 Å². The number of ether oxygens (including phenoxy) is 1. The first-order valence-electron chi connectivity index (χ1n) is 7.84. The van der Waals surface area contributed by atoms with Gasteiger partial charge in [0, 0.05) is 12.8 Å². The van der Waals surface area contributed by atoms with Crippen LogP contribution in [0.15, 0.2) is 48.5 Å². The number of aryl methyl sites for hydroxylation is 2. The van der Waals surface area contributed by atoms with Gasteiger partial charge in [0.15, 0.2) is 0 Å². The number of esters is 1. The number of hydrogen-bond donors (Lipinski definition) is 0. The van der Waals surface area contributed by atoms with Crippen LogP contribution in [-0.4, -0.2) is 12.6 Å². The van der Waals surface area contributed by atoms with Crippen molar-refractivity contribution in [2.75, 3.05) is 6.61 Å². The molecule has 116 valence electrons. The fourth-order valence-corrected chi connectivity index (χ4v) is 2.94. The van der Waals surface area contributed by atoms with Crippen molar-refractivity contribution in [1.82, 2.24) is 0 Å². The minimum atomic E-state index is -0.205. The smallest absolute Gasteiger partial charge is 0.302 e. The van der Waals surface area contributed by atoms with Gasteiger partial charge >= 0.3 is 5.97 Å². The Bertz CT molecular complexity index is 586. The normalized spacial score (nSPS) is 10.7. The molecule has 2 aromatic rings. The van der Waals surface area contributed by atoms with Gasteiger partial charge in [0.05, 0.1) is 6.61 Å². The van der Waals surface area contributed by atoms with E-state index in [4.69, 9.17) is 4.74 Å². The van der Waals surface area contributed by atoms with Crippen LogP contribution in [0.3, 0.4) is 0 Å². The maximum atomic E-state index is 10.9. The molecule has 0 saturated carbocycles. The highest BCUT2D eigenvalue weighted by Gasteiger charge is 2.17. The summed E-state index contributed by atoms with van der Waals surface area (Å²) in [7, 11) is 0. The van der Waals surface area contributed by atoms with Crippen LogP contribution < -0.4 is 0 Å². The number of carbonyl (C=O) groups is 1. The zero-order chi connectivity index (χ0) is 15.9. The third-order valence-electron chi connectivity index (χ3n) is 4.07. The molecule has 0 heterocycles. The minimum Gasteiger partial charge on any atom is -0.466 e. The first-order valence-corrected chi connectivity index (χ1v) is 7.84. The molecule has 0 atom stereocenters. The Balaban J connectivity index is 2.24. The summed E-state index contributed by atoms with van der Waals surface area (Å²) in [5.74, 6) is 0.140. The molecule has 0 saturated heterocycles. The highest BCUT2D eigenvalue weighted by atomic mass is 16.5. The molecule has 0 unspecified atom stereocenters. The maximum absolute atomic E-state index is 10.9. The van der Waals surface area contributed by atoms with E-state index in [0.717, 1.165) is 12.8 Å². The predicted octanol–water partition coefficient (Wildman–Crippen LogP) is 4.78. The molecule has 2 rings (SSSR count). The second-order valence-electron chi connectivity index (χ2n) is 5.75. The molecule has 0 amide bonds. The van der Waals surface area contributed by atoms with Gasteiger partial charge in [-0.05, 0) is 48.9 Å². The lowest BCUT2D eigenvalue weighted by atomic mass is 9.83. The zero-order valence-corrected chi connectivity index (χ0v) is 13.6. The molecule has 0 aliphatic carbocycles. The summed E-state index contributed by atoms with van der Waals surface area (Å²) in [4.78, 5) is 10.9. The molecular weight excluding hydrogens is 272 g/mol. The number of carbonyl (C=O) groups excluding carboxylic acids is 1. The number of benzene rings is 2. The third-order valence-corrected chi connectivity index (χ3v) is 4.07. The van der Waals surface area contributed by atoms with E-state index < -0.39 is 0 Å². The standard InChI is InChI=1S/C20H24O2/c1-15-9-4-6-11-18(15)20(13-8-14-22-17(3)21)19-12-7-5-10-16(19)2/h4-7,9-12,20H,8,13-14H2,1-3H3. The van der Waals surface area contributed by atoms with Crippen LogP contribution in [0, 0.1) is 13.8 Å². The molecule has 22 heavy (non-hydrogen) atoms. The van der Waals surface area contributed by atoms with Crippen molar-refractivity contribution in [3.05, 3.63) is 70.8 Å². The van der Waals surface area contributed by atoms with Crippen LogP contribution in [0.4, 0.5) is 0 Å². The summed E-state index contributed by atoms with van der Waals surface area (Å²) in [5, 5.41) is 0. The van der Waals surface area contributed by atoms with Crippen molar-refractivity contribution in [2.45, 2.75) is 39.5 Å². The summed E-state index contributed by atoms with van der Waals surface area (Å²) in [6.45, 7) is 6.27. The lowest BCUT2D eigenvalue weighted by Gasteiger charge is -2.22. The van der Waals surface area contributed by atoms with Gasteiger partial charge in [0.25, 0.3) is 0 Å². The molecular formula is C20H24O2. The van der Waals surface area contributed by atoms with E-state index in [9.17, 15) is 4.79 Å². The Morgan fingerprint density at radius 1 is 0.955 bits per heavy atom. The summed E-state index contributed by atoms with van der Waals surface area (Å²) >= 11 is 0. The van der Waals surface area contributed by atoms with Gasteiger partial charge in [0.1, 0.15) is 0 Å². The van der Waals surface area contributed by atoms with Crippen LogP contribution in [0.2, 0.25) is 0 Å². The Hall–Kier alpha value is -2.09. The first kappa shape index (κ1) is 16.3. The minimum absolute atomic E-state index is 0.205. The highest BCUT2D eigenvalue weighted by molar-refractivity contribution is 5.65. The molecule has 0 N–H and O–H groups in total. The SMILES string of the molecule is CC(=O)OCCCC(c1ccccc1C)c1ccccc1C. The molecule has 0 radical (unpaired) electrons. The molecule has 0 bridgehead atoms. The first-order chi connectivity index (χ1) is 10.6. The summed E-state index contributed by atoms with van der Waals surface area (Å²) in [5.41, 5.74) is 5.34. The van der Waals surface area contributed by atoms with Crippen molar-refractivity contribution < 1.29 is 9.53 Å². The third kappa shape index (κ3) is 4.20. The van der Waals surface area contributed by atoms with Crippen LogP contribution in [0.25, 0.3) is 0 Å². The Morgan fingerprint density at radius 3 is 1.91 bits per heavy atom. The average Bonchev–Trinajstić information content (AvgIpc) is 2.49. The van der Waals surface area contributed by atoms with Crippen molar-refractivity contribution in [1.29, 1.82) is 0 Å². The highest BCUT2D eigenvalue weighted by Crippen LogP contribution is 2.33. The van der Waals surface area contributed by atoms with E-state index in [2.05, 4.69) is 62.4 Å². The lowest BCUT2D eigenvalue weighted by molar-refractivity contribution is -0.141. The summed E-state index contributed by atoms with van der Waals surface area (Å²) < 4.78 is 5.09. The van der Waals surface area contributed by atoms with Crippen LogP contribution >= 0.6 is 0 Å². The second-order valence-corrected chi connectivity index (χ2v) is 5.75. The Labute approximate surface area is 133 Å². The maximum Gasteiger partial charge on any atom is 0.302 e. The quantitative estimate of drug-likeness (QED) is 0.566. The topological polar surface area (TPSA) is 26.3 Å². The van der Waals surface area contributed by atoms with Crippen molar-refractivity contribution in [3.63, 3.8) is 0 Å². The number of rotatable bonds is 6. The predicted molar refractivity (Wildman–Crippen MR) is 90.1 cm³/mol. The van der Waals surface area contributed by atoms with Crippen LogP contribution in [0.1, 0.15) is 47.9 Å². The van der Waals surface area contributed by atoms with Gasteiger partial charge in [-0.2, -0.15) is 0 Å². The van der Waals surface area contributed by atoms with Gasteiger partial charge < -0.3 is 4.74 Å². The molecule has 0 aromatic heterocycles. The fraction of sp³-hybridized carbons (Fsp3) is 0.350. The van der Waals surface area contributed by atoms with E-state index >= 15 is 0 Å². The zero-order valence-electron chi connectivity index (χ0n) is 13.6. The van der Waals surface area contributed by atoms with E-state index in [0.29, 0.717) is 12.5 Å². The summed E-state index contributed by atoms with van der Waals surface area (Å²) in [6.07, 6.45) is 1.84. The Kier molecular flexibility index (Phi) is 5.76. The van der Waals surface area contributed by atoms with Crippen molar-refractivity contribution in [3.8, 4) is 0 Å². The molecule has 0 aliphatic heterocycles. The van der Waals surface area contributed by atoms with Crippen molar-refractivity contribution in [2.24, 2.45) is 0 Å². The molecule has 2 nitrogen and oxygen atoms in total. The van der Waals surface area contributed by atoms with E-state index in [1.54, 1.807) is 0 Å². The molecule has 2 heteroatoms. The van der Waals surface area contributed by atoms with Crippen molar-refractivity contribution >= 4 is 5.97 Å². The molecule has 0 aliphatic rings. The van der Waals surface area contributed by atoms with Crippen LogP contribution in [0.5, 0.6) is 0 Å². The van der Waals surface area contributed by atoms with Gasteiger partial charge in [-0.15, -0.1) is 0 Å². The molecule has 2 aromatic carbocycles. The fourth-order valence-electron chi connectivity index (χ4n) is 2.94. The largest absolute Gasteiger partial charge is 0.466 e. The van der Waals surface area contributed by atoms with Gasteiger partial charge in [-0.1, -0.05) is 48.5 Å². The van der Waals surface area contributed by atoms with E-state index in [-0.39, 0.29) is 5.97 Å². The lowest BCUT2D eigenvalue weighted by Crippen LogP contribution is -2.08. The van der Waals surface area contributed by atoms with Gasteiger partial charge in [-0.25, -0.2) is 0 Å². The average molecular weight is 296 g/mol. The molecule has 0 fully saturated rings. The van der Waals surface area contributed by atoms with Gasteiger partial charge in [0.2, 0.25) is 0 Å². The molecule has 0 spiro atoms.